The Bertz CT molecular complexity index is 5090. The number of para-hydroxylation sites is 4. The van der Waals surface area contributed by atoms with E-state index in [1.165, 1.54) is 150 Å². The molecule has 6 heterocycles. The molecule has 0 aliphatic carbocycles. The maximum absolute atomic E-state index is 2.89. The first-order valence-electron chi connectivity index (χ1n) is 34.1. The summed E-state index contributed by atoms with van der Waals surface area (Å²) >= 11 is 0. The van der Waals surface area contributed by atoms with Crippen molar-refractivity contribution in [3.63, 3.8) is 0 Å². The molecule has 0 unspecified atom stereocenters. The molecule has 7 heteroatoms. The predicted molar refractivity (Wildman–Crippen MR) is 408 cm³/mol. The first-order chi connectivity index (χ1) is 45.7. The molecule has 0 bridgehead atoms. The number of hydrogen-bond donors (Lipinski definition) is 0. The highest BCUT2D eigenvalue weighted by atomic mass is 15.2. The quantitative estimate of drug-likeness (QED) is 0.160. The van der Waals surface area contributed by atoms with Gasteiger partial charge in [-0.3, -0.25) is 0 Å². The van der Waals surface area contributed by atoms with Crippen molar-refractivity contribution >= 4 is 119 Å². The molecule has 18 rings (SSSR count). The van der Waals surface area contributed by atoms with Crippen LogP contribution in [0, 0.1) is 0 Å². The zero-order chi connectivity index (χ0) is 64.9. The fourth-order valence-electron chi connectivity index (χ4n) is 16.6. The molecule has 2 aromatic heterocycles. The third-order valence-corrected chi connectivity index (χ3v) is 21.4. The summed E-state index contributed by atoms with van der Waals surface area (Å²) in [7, 11) is 0. The highest BCUT2D eigenvalue weighted by molar-refractivity contribution is 7.09. The minimum Gasteiger partial charge on any atom is -0.444 e. The fourth-order valence-corrected chi connectivity index (χ4v) is 16.6. The summed E-state index contributed by atoms with van der Waals surface area (Å²) < 4.78 is 8.07. The van der Waals surface area contributed by atoms with Gasteiger partial charge in [0.2, 0.25) is 0 Å². The van der Waals surface area contributed by atoms with Gasteiger partial charge in [-0.25, -0.2) is 0 Å². The van der Waals surface area contributed by atoms with Crippen LogP contribution in [-0.4, -0.2) is 22.8 Å². The summed E-state index contributed by atoms with van der Waals surface area (Å²) in [5, 5.41) is 5.11. The summed E-state index contributed by atoms with van der Waals surface area (Å²) in [6, 6.07) is 96.4. The lowest BCUT2D eigenvalue weighted by Gasteiger charge is -2.53. The molecular formula is C88H77B2N5. The normalized spacial score (nSPS) is 14.0. The van der Waals surface area contributed by atoms with Crippen molar-refractivity contribution in [1.82, 2.24) is 9.13 Å². The van der Waals surface area contributed by atoms with E-state index in [2.05, 4.69) is 355 Å². The Hall–Kier alpha value is -10.2. The molecule has 0 saturated heterocycles. The monoisotopic (exact) mass is 1230 g/mol. The summed E-state index contributed by atoms with van der Waals surface area (Å²) in [5.74, 6) is 0. The summed E-state index contributed by atoms with van der Waals surface area (Å²) in [6.07, 6.45) is 0. The van der Waals surface area contributed by atoms with Crippen LogP contribution in [0.2, 0.25) is 0 Å². The molecule has 0 saturated carbocycles. The molecule has 460 valence electrons. The van der Waals surface area contributed by atoms with Gasteiger partial charge < -0.3 is 23.7 Å². The van der Waals surface area contributed by atoms with E-state index in [0.717, 1.165) is 22.7 Å². The van der Waals surface area contributed by atoms with E-state index in [9.17, 15) is 0 Å². The molecule has 5 nitrogen and oxygen atoms in total. The van der Waals surface area contributed by atoms with Gasteiger partial charge in [0.15, 0.2) is 0 Å². The molecule has 95 heavy (non-hydrogen) atoms. The van der Waals surface area contributed by atoms with Crippen LogP contribution in [-0.2, 0) is 21.7 Å². The molecule has 0 N–H and O–H groups in total. The third-order valence-electron chi connectivity index (χ3n) is 21.4. The molecule has 0 spiro atoms. The molecule has 4 aliphatic heterocycles. The van der Waals surface area contributed by atoms with E-state index in [1.54, 1.807) is 0 Å². The second-order valence-corrected chi connectivity index (χ2v) is 31.4. The zero-order valence-corrected chi connectivity index (χ0v) is 56.6. The first kappa shape index (κ1) is 57.4. The predicted octanol–water partition coefficient (Wildman–Crippen LogP) is 20.7. The summed E-state index contributed by atoms with van der Waals surface area (Å²) in [5.41, 5.74) is 33.0. The Balaban J connectivity index is 1.00. The van der Waals surface area contributed by atoms with Crippen LogP contribution in [0.3, 0.4) is 0 Å². The first-order valence-corrected chi connectivity index (χ1v) is 34.1. The largest absolute Gasteiger partial charge is 0.444 e. The van der Waals surface area contributed by atoms with Crippen molar-refractivity contribution in [2.75, 3.05) is 14.5 Å². The lowest BCUT2D eigenvalue weighted by atomic mass is 9.32. The van der Waals surface area contributed by atoms with Gasteiger partial charge >= 0.3 is 13.7 Å². The average Bonchev–Trinajstić information content (AvgIpc) is 1.53. The number of rotatable bonds is 5. The average molecular weight is 1230 g/mol. The van der Waals surface area contributed by atoms with Crippen LogP contribution in [0.15, 0.2) is 249 Å². The van der Waals surface area contributed by atoms with Crippen LogP contribution in [0.4, 0.5) is 39.8 Å². The number of nitrogens with zero attached hydrogens (tertiary/aromatic N) is 5. The zero-order valence-electron chi connectivity index (χ0n) is 56.6. The van der Waals surface area contributed by atoms with Crippen molar-refractivity contribution in [3.05, 3.63) is 271 Å². The Morgan fingerprint density at radius 1 is 0.263 bits per heavy atom. The van der Waals surface area contributed by atoms with Gasteiger partial charge in [-0.15, -0.1) is 0 Å². The minimum atomic E-state index is -0.200. The van der Waals surface area contributed by atoms with Crippen LogP contribution in [0.1, 0.15) is 105 Å². The highest BCUT2D eigenvalue weighted by Gasteiger charge is 2.54. The van der Waals surface area contributed by atoms with Crippen LogP contribution >= 0.6 is 0 Å². The van der Waals surface area contributed by atoms with Gasteiger partial charge in [-0.1, -0.05) is 210 Å². The summed E-state index contributed by atoms with van der Waals surface area (Å²) in [4.78, 5) is 5.15. The number of fused-ring (bicyclic) bond motifs is 14. The second kappa shape index (κ2) is 20.1. The lowest BCUT2D eigenvalue weighted by Crippen LogP contribution is -2.74. The van der Waals surface area contributed by atoms with Gasteiger partial charge in [0, 0.05) is 83.9 Å². The van der Waals surface area contributed by atoms with Gasteiger partial charge in [-0.05, 0) is 209 Å². The molecule has 0 amide bonds. The van der Waals surface area contributed by atoms with Crippen molar-refractivity contribution in [3.8, 4) is 44.8 Å². The van der Waals surface area contributed by atoms with Gasteiger partial charge in [0.05, 0.1) is 22.1 Å². The van der Waals surface area contributed by atoms with Crippen LogP contribution < -0.4 is 36.4 Å². The molecule has 0 atom stereocenters. The van der Waals surface area contributed by atoms with Crippen LogP contribution in [0.25, 0.3) is 88.4 Å². The second-order valence-electron chi connectivity index (χ2n) is 31.4. The molecule has 14 aromatic rings. The number of aromatic nitrogens is 2. The standard InChI is InChI=1S/C88H77B2N5/c1-85(2,3)56-36-40-74-64(46-56)65-47-57(86(4,5)6)37-41-75(65)93(74)62-50-68-70-44-55(54-26-16-13-17-27-54)45-71-69-51-63(94-76-42-38-58(87(7,8)9)48-66(76)67-49-59(88(10,11)12)39-43-77(67)94)53-81-83(69)90(73-33-23-25-35-79(73)92(81)61-30-20-15-21-31-61)95(84(70)71)89-72-32-22-24-34-78(72)91(80(52-62)82(68)89)60-28-18-14-19-29-60/h13-53H,1-12H3. The molecule has 0 fully saturated rings. The van der Waals surface area contributed by atoms with Gasteiger partial charge in [-0.2, -0.15) is 0 Å². The minimum absolute atomic E-state index is 0.0395. The molecule has 12 aromatic carbocycles. The third kappa shape index (κ3) is 8.56. The van der Waals surface area contributed by atoms with Crippen molar-refractivity contribution < 1.29 is 0 Å². The molecule has 0 radical (unpaired) electrons. The summed E-state index contributed by atoms with van der Waals surface area (Å²) in [6.45, 7) is 27.6. The Labute approximate surface area is 559 Å². The smallest absolute Gasteiger partial charge is 0.316 e. The number of hydrogen-bond acceptors (Lipinski definition) is 3. The van der Waals surface area contributed by atoms with E-state index >= 15 is 0 Å². The molecule has 4 aliphatic rings. The van der Waals surface area contributed by atoms with Crippen LogP contribution in [0.5, 0.6) is 0 Å². The van der Waals surface area contributed by atoms with Gasteiger partial charge in [0.25, 0.3) is 0 Å². The Morgan fingerprint density at radius 3 is 0.937 bits per heavy atom. The van der Waals surface area contributed by atoms with Gasteiger partial charge in [0.1, 0.15) is 0 Å². The molecular weight excluding hydrogens is 1150 g/mol. The topological polar surface area (TPSA) is 19.6 Å². The van der Waals surface area contributed by atoms with E-state index in [-0.39, 0.29) is 35.4 Å². The Kier molecular flexibility index (Phi) is 12.2. The maximum Gasteiger partial charge on any atom is 0.316 e. The van der Waals surface area contributed by atoms with E-state index in [1.807, 2.05) is 0 Å². The lowest BCUT2D eigenvalue weighted by molar-refractivity contribution is 0.590. The van der Waals surface area contributed by atoms with Crippen molar-refractivity contribution in [2.24, 2.45) is 0 Å². The Morgan fingerprint density at radius 2 is 0.589 bits per heavy atom. The number of benzene rings is 12. The number of anilines is 7. The van der Waals surface area contributed by atoms with Crippen molar-refractivity contribution in [1.29, 1.82) is 0 Å². The SMILES string of the molecule is CC(C)(C)c1ccc2c(c1)c1cc(C(C)(C)C)ccc1n2-c1cc2c3c(c1)N(c1ccccc1)c1ccccc1B3N1B3c4ccccc4N(c4ccccc4)c4cc(-n5c6ccc(C(C)(C)C)cc6c6cc(C(C)(C)C)ccc65)cc(c43)-c3cc(-c4ccccc4)cc-2c31. The fraction of sp³-hybridized carbons (Fsp3) is 0.182. The van der Waals surface area contributed by atoms with E-state index in [0.29, 0.717) is 0 Å². The van der Waals surface area contributed by atoms with E-state index in [4.69, 9.17) is 0 Å². The maximum atomic E-state index is 2.89. The van der Waals surface area contributed by atoms with E-state index < -0.39 is 0 Å². The van der Waals surface area contributed by atoms with Crippen molar-refractivity contribution in [2.45, 2.75) is 105 Å². The highest BCUT2D eigenvalue weighted by Crippen LogP contribution is 2.55.